The molecule has 47 heavy (non-hydrogen) atoms. The van der Waals surface area contributed by atoms with Gasteiger partial charge in [0.05, 0.1) is 11.4 Å². The van der Waals surface area contributed by atoms with Gasteiger partial charge in [0.25, 0.3) is 0 Å². The van der Waals surface area contributed by atoms with Crippen LogP contribution in [-0.4, -0.2) is 0 Å². The van der Waals surface area contributed by atoms with Crippen molar-refractivity contribution in [2.45, 2.75) is 19.3 Å². The summed E-state index contributed by atoms with van der Waals surface area (Å²) in [5, 5.41) is 2.26. The summed E-state index contributed by atoms with van der Waals surface area (Å²) in [7, 11) is 0. The quantitative estimate of drug-likeness (QED) is 0.195. The summed E-state index contributed by atoms with van der Waals surface area (Å²) in [6.45, 7) is 4.69. The molecule has 2 nitrogen and oxygen atoms in total. The lowest BCUT2D eigenvalue weighted by Gasteiger charge is -2.30. The highest BCUT2D eigenvalue weighted by molar-refractivity contribution is 6.11. The maximum atomic E-state index is 6.58. The molecule has 0 saturated heterocycles. The van der Waals surface area contributed by atoms with Gasteiger partial charge in [-0.15, -0.1) is 0 Å². The fraction of sp³-hybridized carbons (Fsp3) is 0.0667. The molecule has 0 bridgehead atoms. The zero-order chi connectivity index (χ0) is 31.5. The Kier molecular flexibility index (Phi) is 6.20. The molecule has 0 N–H and O–H groups in total. The van der Waals surface area contributed by atoms with Gasteiger partial charge >= 0.3 is 0 Å². The molecule has 1 aliphatic rings. The molecule has 0 unspecified atom stereocenters. The second-order valence-electron chi connectivity index (χ2n) is 12.9. The lowest BCUT2D eigenvalue weighted by atomic mass is 9.82. The van der Waals surface area contributed by atoms with E-state index in [-0.39, 0.29) is 5.41 Å². The fourth-order valence-corrected chi connectivity index (χ4v) is 7.62. The molecule has 224 valence electrons. The Hall–Kier alpha value is -5.86. The summed E-state index contributed by atoms with van der Waals surface area (Å²) in [4.78, 5) is 2.45. The second-order valence-corrected chi connectivity index (χ2v) is 12.9. The third-order valence-electron chi connectivity index (χ3n) is 9.90. The SMILES string of the molecule is CC1(C)c2ccccc2-c2c(N(c3ccc(-c4ccccc4)cc3)c3ccccc3-c3cccc4c3oc3ccccc34)cccc21. The molecule has 0 spiro atoms. The summed E-state index contributed by atoms with van der Waals surface area (Å²) in [5.41, 5.74) is 15.0. The van der Waals surface area contributed by atoms with Crippen LogP contribution >= 0.6 is 0 Å². The van der Waals surface area contributed by atoms with Crippen LogP contribution in [0, 0.1) is 0 Å². The molecule has 0 fully saturated rings. The molecule has 8 aromatic rings. The van der Waals surface area contributed by atoms with E-state index in [2.05, 4.69) is 176 Å². The number of rotatable bonds is 5. The molecular formula is C45H33NO. The number of nitrogens with zero attached hydrogens (tertiary/aromatic N) is 1. The third kappa shape index (κ3) is 4.26. The van der Waals surface area contributed by atoms with Crippen LogP contribution in [0.3, 0.4) is 0 Å². The first-order valence-electron chi connectivity index (χ1n) is 16.3. The minimum atomic E-state index is -0.107. The van der Waals surface area contributed by atoms with Gasteiger partial charge in [-0.25, -0.2) is 0 Å². The predicted octanol–water partition coefficient (Wildman–Crippen LogP) is 12.7. The zero-order valence-corrected chi connectivity index (χ0v) is 26.4. The van der Waals surface area contributed by atoms with E-state index in [4.69, 9.17) is 4.42 Å². The van der Waals surface area contributed by atoms with E-state index < -0.39 is 0 Å². The molecule has 0 aliphatic heterocycles. The Morgan fingerprint density at radius 3 is 1.89 bits per heavy atom. The lowest BCUT2D eigenvalue weighted by molar-refractivity contribution is 0.660. The largest absolute Gasteiger partial charge is 0.455 e. The maximum Gasteiger partial charge on any atom is 0.143 e. The zero-order valence-electron chi connectivity index (χ0n) is 26.4. The van der Waals surface area contributed by atoms with Crippen molar-refractivity contribution >= 4 is 39.0 Å². The molecule has 0 saturated carbocycles. The van der Waals surface area contributed by atoms with Crippen molar-refractivity contribution in [3.05, 3.63) is 175 Å². The summed E-state index contributed by atoms with van der Waals surface area (Å²) in [6, 6.07) is 58.8. The first-order valence-corrected chi connectivity index (χ1v) is 16.3. The normalized spacial score (nSPS) is 13.1. The maximum absolute atomic E-state index is 6.58. The number of para-hydroxylation sites is 3. The number of furan rings is 1. The van der Waals surface area contributed by atoms with E-state index in [1.165, 1.54) is 33.4 Å². The van der Waals surface area contributed by atoms with Gasteiger partial charge < -0.3 is 9.32 Å². The third-order valence-corrected chi connectivity index (χ3v) is 9.90. The summed E-state index contributed by atoms with van der Waals surface area (Å²) in [5.74, 6) is 0. The average Bonchev–Trinajstić information content (AvgIpc) is 3.62. The van der Waals surface area contributed by atoms with Gasteiger partial charge in [-0.1, -0.05) is 147 Å². The molecule has 9 rings (SSSR count). The van der Waals surface area contributed by atoms with Crippen LogP contribution in [0.1, 0.15) is 25.0 Å². The van der Waals surface area contributed by atoms with Crippen molar-refractivity contribution in [3.63, 3.8) is 0 Å². The molecule has 1 aliphatic carbocycles. The van der Waals surface area contributed by atoms with Gasteiger partial charge in [0.2, 0.25) is 0 Å². The summed E-state index contributed by atoms with van der Waals surface area (Å²) < 4.78 is 6.58. The molecule has 0 amide bonds. The summed E-state index contributed by atoms with van der Waals surface area (Å²) in [6.07, 6.45) is 0. The van der Waals surface area contributed by atoms with Crippen LogP contribution in [0.4, 0.5) is 17.1 Å². The molecule has 1 heterocycles. The van der Waals surface area contributed by atoms with Crippen molar-refractivity contribution in [2.75, 3.05) is 4.90 Å². The number of fused-ring (bicyclic) bond motifs is 6. The van der Waals surface area contributed by atoms with E-state index >= 15 is 0 Å². The Morgan fingerprint density at radius 1 is 0.447 bits per heavy atom. The second kappa shape index (κ2) is 10.6. The van der Waals surface area contributed by atoms with Crippen LogP contribution in [0.15, 0.2) is 168 Å². The van der Waals surface area contributed by atoms with E-state index in [0.29, 0.717) is 0 Å². The Labute approximate surface area is 275 Å². The number of anilines is 3. The number of hydrogen-bond acceptors (Lipinski definition) is 2. The Bertz CT molecular complexity index is 2430. The Balaban J connectivity index is 1.31. The number of hydrogen-bond donors (Lipinski definition) is 0. The van der Waals surface area contributed by atoms with Crippen molar-refractivity contribution in [1.29, 1.82) is 0 Å². The molecular weight excluding hydrogens is 571 g/mol. The number of benzene rings is 7. The monoisotopic (exact) mass is 603 g/mol. The van der Waals surface area contributed by atoms with Gasteiger partial charge in [0.15, 0.2) is 0 Å². The predicted molar refractivity (Wildman–Crippen MR) is 197 cm³/mol. The lowest BCUT2D eigenvalue weighted by Crippen LogP contribution is -2.16. The minimum absolute atomic E-state index is 0.107. The van der Waals surface area contributed by atoms with E-state index in [1.54, 1.807) is 0 Å². The van der Waals surface area contributed by atoms with Gasteiger partial charge in [0.1, 0.15) is 11.2 Å². The molecule has 1 aromatic heterocycles. The van der Waals surface area contributed by atoms with E-state index in [9.17, 15) is 0 Å². The van der Waals surface area contributed by atoms with Crippen LogP contribution in [0.25, 0.3) is 55.3 Å². The Morgan fingerprint density at radius 2 is 1.04 bits per heavy atom. The van der Waals surface area contributed by atoms with Gasteiger partial charge in [0, 0.05) is 38.6 Å². The molecule has 0 radical (unpaired) electrons. The van der Waals surface area contributed by atoms with Crippen molar-refractivity contribution in [2.24, 2.45) is 0 Å². The van der Waals surface area contributed by atoms with Gasteiger partial charge in [-0.2, -0.15) is 0 Å². The average molecular weight is 604 g/mol. The first kappa shape index (κ1) is 27.5. The molecule has 2 heteroatoms. The first-order chi connectivity index (χ1) is 23.1. The van der Waals surface area contributed by atoms with Crippen LogP contribution in [0.2, 0.25) is 0 Å². The molecule has 0 atom stereocenters. The van der Waals surface area contributed by atoms with Crippen molar-refractivity contribution < 1.29 is 4.42 Å². The topological polar surface area (TPSA) is 16.4 Å². The fourth-order valence-electron chi connectivity index (χ4n) is 7.62. The van der Waals surface area contributed by atoms with Crippen LogP contribution in [-0.2, 0) is 5.41 Å². The smallest absolute Gasteiger partial charge is 0.143 e. The minimum Gasteiger partial charge on any atom is -0.455 e. The van der Waals surface area contributed by atoms with Crippen molar-refractivity contribution in [1.82, 2.24) is 0 Å². The summed E-state index contributed by atoms with van der Waals surface area (Å²) >= 11 is 0. The standard InChI is InChI=1S/C45H33NO/c1-45(2)38-21-9-6-18-37(38)43-39(45)22-13-24-41(43)46(32-28-26-31(27-29-32)30-14-4-3-5-15-30)40-23-10-7-16-33(40)35-19-12-20-36-34-17-8-11-25-42(34)47-44(35)36/h3-29H,1-2H3. The van der Waals surface area contributed by atoms with Gasteiger partial charge in [-0.3, -0.25) is 0 Å². The van der Waals surface area contributed by atoms with Crippen molar-refractivity contribution in [3.8, 4) is 33.4 Å². The highest BCUT2D eigenvalue weighted by Crippen LogP contribution is 2.55. The molecule has 7 aromatic carbocycles. The highest BCUT2D eigenvalue weighted by Gasteiger charge is 2.38. The van der Waals surface area contributed by atoms with Gasteiger partial charge in [-0.05, 0) is 58.1 Å². The van der Waals surface area contributed by atoms with E-state index in [1.807, 2.05) is 6.07 Å². The van der Waals surface area contributed by atoms with E-state index in [0.717, 1.165) is 50.1 Å². The van der Waals surface area contributed by atoms with Crippen LogP contribution < -0.4 is 4.90 Å². The van der Waals surface area contributed by atoms with Crippen LogP contribution in [0.5, 0.6) is 0 Å². The highest BCUT2D eigenvalue weighted by atomic mass is 16.3.